The van der Waals surface area contributed by atoms with E-state index in [9.17, 15) is 9.59 Å². The number of nitrogens with one attached hydrogen (secondary N) is 1. The van der Waals surface area contributed by atoms with Crippen molar-refractivity contribution in [3.05, 3.63) is 6.42 Å². The molecule has 0 aliphatic rings. The van der Waals surface area contributed by atoms with E-state index in [1.165, 1.54) is 6.42 Å². The van der Waals surface area contributed by atoms with Crippen LogP contribution in [0.5, 0.6) is 0 Å². The molecule has 93 valence electrons. The Labute approximate surface area is 97.4 Å². The van der Waals surface area contributed by atoms with Crippen molar-refractivity contribution in [1.29, 1.82) is 0 Å². The maximum Gasteiger partial charge on any atom is 0.224 e. The second-order valence-corrected chi connectivity index (χ2v) is 4.42. The van der Waals surface area contributed by atoms with Crippen molar-refractivity contribution in [3.63, 3.8) is 0 Å². The number of rotatable bonds is 7. The van der Waals surface area contributed by atoms with Gasteiger partial charge in [-0.2, -0.15) is 0 Å². The zero-order valence-corrected chi connectivity index (χ0v) is 10.5. The number of primary amides is 1. The van der Waals surface area contributed by atoms with Crippen molar-refractivity contribution < 1.29 is 9.59 Å². The molecule has 5 heteroatoms. The number of likely N-dealkylation sites (N-methyl/N-ethyl adjacent to an activating group) is 1. The summed E-state index contributed by atoms with van der Waals surface area (Å²) in [5.41, 5.74) is 5.09. The van der Waals surface area contributed by atoms with Gasteiger partial charge in [0.25, 0.3) is 0 Å². The van der Waals surface area contributed by atoms with Crippen LogP contribution in [0.1, 0.15) is 20.3 Å². The van der Waals surface area contributed by atoms with Crippen molar-refractivity contribution in [2.75, 3.05) is 20.6 Å². The summed E-state index contributed by atoms with van der Waals surface area (Å²) in [5.74, 6) is -0.831. The van der Waals surface area contributed by atoms with Crippen molar-refractivity contribution in [2.24, 2.45) is 11.7 Å². The number of carbonyl (C=O) groups is 2. The molecule has 0 aromatic heterocycles. The van der Waals surface area contributed by atoms with Gasteiger partial charge in [-0.15, -0.1) is 0 Å². The number of nitrogens with two attached hydrogens (primary N) is 1. The van der Waals surface area contributed by atoms with Gasteiger partial charge in [-0.25, -0.2) is 0 Å². The molecule has 0 aromatic rings. The molecule has 0 heterocycles. The second-order valence-electron chi connectivity index (χ2n) is 4.42. The van der Waals surface area contributed by atoms with Crippen molar-refractivity contribution in [2.45, 2.75) is 26.3 Å². The second kappa shape index (κ2) is 7.22. The largest absolute Gasteiger partial charge is 0.369 e. The van der Waals surface area contributed by atoms with Gasteiger partial charge in [0.05, 0.1) is 6.42 Å². The molecule has 2 amide bonds. The smallest absolute Gasteiger partial charge is 0.224 e. The molecule has 0 fully saturated rings. The molecule has 0 saturated carbocycles. The maximum atomic E-state index is 11.4. The minimum Gasteiger partial charge on any atom is -0.369 e. The average molecular weight is 228 g/mol. The molecule has 0 bridgehead atoms. The summed E-state index contributed by atoms with van der Waals surface area (Å²) in [6.07, 6.45) is 1.86. The number of hydrogen-bond donors (Lipinski definition) is 2. The minimum atomic E-state index is -0.384. The Morgan fingerprint density at radius 3 is 2.38 bits per heavy atom. The van der Waals surface area contributed by atoms with Crippen LogP contribution < -0.4 is 11.1 Å². The average Bonchev–Trinajstić information content (AvgIpc) is 2.12. The SMILES string of the molecule is CC(C[CH]C(=O)N[C@@H](C)CN(C)C)C(N)=O. The van der Waals surface area contributed by atoms with Gasteiger partial charge in [0, 0.05) is 18.5 Å². The molecule has 0 saturated heterocycles. The highest BCUT2D eigenvalue weighted by Crippen LogP contribution is 2.03. The predicted octanol–water partition coefficient (Wildman–Crippen LogP) is -0.232. The van der Waals surface area contributed by atoms with E-state index in [0.29, 0.717) is 6.42 Å². The highest BCUT2D eigenvalue weighted by Gasteiger charge is 2.13. The third-order valence-electron chi connectivity index (χ3n) is 2.17. The minimum absolute atomic E-state index is 0.0858. The van der Waals surface area contributed by atoms with Gasteiger partial charge in [0.15, 0.2) is 0 Å². The van der Waals surface area contributed by atoms with Gasteiger partial charge in [-0.3, -0.25) is 9.59 Å². The van der Waals surface area contributed by atoms with E-state index < -0.39 is 0 Å². The van der Waals surface area contributed by atoms with Crippen molar-refractivity contribution in [3.8, 4) is 0 Å². The monoisotopic (exact) mass is 228 g/mol. The summed E-state index contributed by atoms with van der Waals surface area (Å²) < 4.78 is 0. The van der Waals surface area contributed by atoms with Crippen LogP contribution in [0.4, 0.5) is 0 Å². The van der Waals surface area contributed by atoms with Gasteiger partial charge in [0.2, 0.25) is 11.8 Å². The molecule has 1 unspecified atom stereocenters. The van der Waals surface area contributed by atoms with E-state index in [0.717, 1.165) is 6.54 Å². The van der Waals surface area contributed by atoms with Crippen LogP contribution in [0.2, 0.25) is 0 Å². The molecule has 16 heavy (non-hydrogen) atoms. The normalized spacial score (nSPS) is 14.6. The fraction of sp³-hybridized carbons (Fsp3) is 0.727. The molecule has 0 aromatic carbocycles. The van der Waals surface area contributed by atoms with Gasteiger partial charge < -0.3 is 16.0 Å². The Morgan fingerprint density at radius 2 is 1.94 bits per heavy atom. The van der Waals surface area contributed by atoms with Crippen LogP contribution >= 0.6 is 0 Å². The van der Waals surface area contributed by atoms with Gasteiger partial charge in [0.1, 0.15) is 0 Å². The Balaban J connectivity index is 3.78. The lowest BCUT2D eigenvalue weighted by Gasteiger charge is -2.18. The Morgan fingerprint density at radius 1 is 1.38 bits per heavy atom. The first-order valence-electron chi connectivity index (χ1n) is 5.40. The number of nitrogens with zero attached hydrogens (tertiary/aromatic N) is 1. The third kappa shape index (κ3) is 7.23. The first-order chi connectivity index (χ1) is 7.32. The van der Waals surface area contributed by atoms with E-state index in [1.807, 2.05) is 25.9 Å². The lowest BCUT2D eigenvalue weighted by Crippen LogP contribution is -2.40. The maximum absolute atomic E-state index is 11.4. The number of hydrogen-bond acceptors (Lipinski definition) is 3. The predicted molar refractivity (Wildman–Crippen MR) is 63.4 cm³/mol. The standard InChI is InChI=1S/C11H22N3O2/c1-8(11(12)16)5-6-10(15)13-9(2)7-14(3)4/h6,8-9H,5,7H2,1-4H3,(H2,12,16)(H,13,15)/t8?,9-/m0/s1. The summed E-state index contributed by atoms with van der Waals surface area (Å²) in [4.78, 5) is 24.2. The van der Waals surface area contributed by atoms with Crippen molar-refractivity contribution >= 4 is 11.8 Å². The molecule has 2 atom stereocenters. The van der Waals surface area contributed by atoms with Crippen LogP contribution in [0.25, 0.3) is 0 Å². The fourth-order valence-corrected chi connectivity index (χ4v) is 1.30. The van der Waals surface area contributed by atoms with E-state index in [4.69, 9.17) is 5.73 Å². The molecule has 0 aliphatic heterocycles. The first kappa shape index (κ1) is 14.9. The van der Waals surface area contributed by atoms with E-state index in [-0.39, 0.29) is 23.8 Å². The zero-order chi connectivity index (χ0) is 12.7. The molecule has 1 radical (unpaired) electrons. The Bertz CT molecular complexity index is 241. The van der Waals surface area contributed by atoms with Crippen LogP contribution in [0.3, 0.4) is 0 Å². The van der Waals surface area contributed by atoms with E-state index in [1.54, 1.807) is 6.92 Å². The Kier molecular flexibility index (Phi) is 6.72. The van der Waals surface area contributed by atoms with Crippen LogP contribution in [-0.4, -0.2) is 43.4 Å². The lowest BCUT2D eigenvalue weighted by molar-refractivity contribution is -0.121. The molecule has 5 nitrogen and oxygen atoms in total. The van der Waals surface area contributed by atoms with E-state index in [2.05, 4.69) is 5.32 Å². The summed E-state index contributed by atoms with van der Waals surface area (Å²) >= 11 is 0. The molecule has 0 spiro atoms. The summed E-state index contributed by atoms with van der Waals surface area (Å²) in [6, 6.07) is 0.0858. The van der Waals surface area contributed by atoms with Crippen molar-refractivity contribution in [1.82, 2.24) is 10.2 Å². The lowest BCUT2D eigenvalue weighted by atomic mass is 10.0. The zero-order valence-electron chi connectivity index (χ0n) is 10.5. The first-order valence-corrected chi connectivity index (χ1v) is 5.40. The molecular formula is C11H22N3O2. The van der Waals surface area contributed by atoms with Crippen LogP contribution in [-0.2, 0) is 9.59 Å². The highest BCUT2D eigenvalue weighted by molar-refractivity contribution is 5.86. The van der Waals surface area contributed by atoms with Gasteiger partial charge in [-0.1, -0.05) is 6.92 Å². The van der Waals surface area contributed by atoms with Crippen LogP contribution in [0, 0.1) is 12.3 Å². The Hall–Kier alpha value is -1.10. The molecule has 3 N–H and O–H groups in total. The molecular weight excluding hydrogens is 206 g/mol. The quantitative estimate of drug-likeness (QED) is 0.632. The summed E-state index contributed by atoms with van der Waals surface area (Å²) in [6.45, 7) is 4.42. The van der Waals surface area contributed by atoms with Gasteiger partial charge in [-0.05, 0) is 27.4 Å². The van der Waals surface area contributed by atoms with E-state index >= 15 is 0 Å². The van der Waals surface area contributed by atoms with Gasteiger partial charge >= 0.3 is 0 Å². The number of amides is 2. The number of carbonyl (C=O) groups excluding carboxylic acids is 2. The topological polar surface area (TPSA) is 75.4 Å². The summed E-state index contributed by atoms with van der Waals surface area (Å²) in [5, 5.41) is 2.82. The fourth-order valence-electron chi connectivity index (χ4n) is 1.30. The third-order valence-corrected chi connectivity index (χ3v) is 2.17. The summed E-state index contributed by atoms with van der Waals surface area (Å²) in [7, 11) is 3.89. The van der Waals surface area contributed by atoms with Crippen LogP contribution in [0.15, 0.2) is 0 Å². The molecule has 0 rings (SSSR count). The molecule has 0 aliphatic carbocycles. The highest BCUT2D eigenvalue weighted by atomic mass is 16.2.